The molecular formula is C8H9O4S2-. The molecule has 6 heteroatoms. The molecule has 0 bridgehead atoms. The van der Waals surface area contributed by atoms with Crippen LogP contribution in [0.1, 0.15) is 5.56 Å². The van der Waals surface area contributed by atoms with E-state index in [9.17, 15) is 17.2 Å². The summed E-state index contributed by atoms with van der Waals surface area (Å²) in [5.41, 5.74) is 0.923. The molecule has 1 aromatic rings. The number of sulfone groups is 1. The molecule has 0 heterocycles. The topological polar surface area (TPSA) is 74.3 Å². The van der Waals surface area contributed by atoms with Gasteiger partial charge in [-0.1, -0.05) is 17.7 Å². The van der Waals surface area contributed by atoms with Crippen molar-refractivity contribution in [1.29, 1.82) is 0 Å². The molecule has 0 aliphatic rings. The minimum absolute atomic E-state index is 0.0345. The van der Waals surface area contributed by atoms with Crippen molar-refractivity contribution in [2.45, 2.75) is 11.8 Å². The van der Waals surface area contributed by atoms with E-state index in [1.165, 1.54) is 12.1 Å². The lowest BCUT2D eigenvalue weighted by molar-refractivity contribution is 0.539. The first-order valence-electron chi connectivity index (χ1n) is 3.77. The zero-order valence-electron chi connectivity index (χ0n) is 7.47. The highest BCUT2D eigenvalue weighted by Gasteiger charge is 2.13. The van der Waals surface area contributed by atoms with Gasteiger partial charge in [-0.2, -0.15) is 0 Å². The molecule has 0 aromatic heterocycles. The predicted octanol–water partition coefficient (Wildman–Crippen LogP) is 0.605. The molecule has 0 radical (unpaired) electrons. The van der Waals surface area contributed by atoms with Gasteiger partial charge in [0.15, 0.2) is 9.84 Å². The molecule has 0 saturated carbocycles. The smallest absolute Gasteiger partial charge is 0.189 e. The third-order valence-corrected chi connectivity index (χ3v) is 4.63. The maximum absolute atomic E-state index is 11.4. The van der Waals surface area contributed by atoms with Crippen LogP contribution in [0.4, 0.5) is 0 Å². The van der Waals surface area contributed by atoms with Gasteiger partial charge in [0.25, 0.3) is 0 Å². The molecule has 78 valence electrons. The van der Waals surface area contributed by atoms with E-state index in [0.29, 0.717) is 0 Å². The minimum atomic E-state index is -3.69. The molecule has 4 nitrogen and oxygen atoms in total. The summed E-state index contributed by atoms with van der Waals surface area (Å²) < 4.78 is 43.3. The second kappa shape index (κ2) is 4.20. The predicted molar refractivity (Wildman–Crippen MR) is 52.2 cm³/mol. The summed E-state index contributed by atoms with van der Waals surface area (Å²) in [5, 5.41) is -0.865. The highest BCUT2D eigenvalue weighted by molar-refractivity contribution is 8.03. The highest BCUT2D eigenvalue weighted by Crippen LogP contribution is 2.12. The van der Waals surface area contributed by atoms with Crippen LogP contribution >= 0.6 is 0 Å². The summed E-state index contributed by atoms with van der Waals surface area (Å²) in [6, 6.07) is 6.05. The van der Waals surface area contributed by atoms with Gasteiger partial charge in [0, 0.05) is 0 Å². The summed E-state index contributed by atoms with van der Waals surface area (Å²) in [7, 11) is -3.69. The van der Waals surface area contributed by atoms with Crippen molar-refractivity contribution in [3.63, 3.8) is 0 Å². The van der Waals surface area contributed by atoms with Gasteiger partial charge in [0.05, 0.1) is 4.90 Å². The second-order valence-electron chi connectivity index (χ2n) is 2.85. The average molecular weight is 233 g/mol. The maximum Gasteiger partial charge on any atom is 0.189 e. The van der Waals surface area contributed by atoms with Gasteiger partial charge in [-0.3, -0.25) is 4.21 Å². The highest BCUT2D eigenvalue weighted by atomic mass is 32.3. The normalized spacial score (nSPS) is 13.9. The van der Waals surface area contributed by atoms with Crippen molar-refractivity contribution >= 4 is 20.9 Å². The van der Waals surface area contributed by atoms with Crippen LogP contribution in [0.15, 0.2) is 29.2 Å². The van der Waals surface area contributed by atoms with Crippen LogP contribution < -0.4 is 0 Å². The third-order valence-electron chi connectivity index (χ3n) is 1.63. The average Bonchev–Trinajstić information content (AvgIpc) is 2.02. The number of hydrogen-bond acceptors (Lipinski definition) is 4. The first kappa shape index (κ1) is 11.4. The van der Waals surface area contributed by atoms with Crippen LogP contribution in [0.25, 0.3) is 0 Å². The zero-order valence-corrected chi connectivity index (χ0v) is 9.10. The number of benzene rings is 1. The zero-order chi connectivity index (χ0) is 10.8. The standard InChI is InChI=1S/C8H10O4S2/c1-7-2-4-8(5-3-7)14(11,12)6-13(9)10/h2-5H,6H2,1H3,(H,9,10)/p-1. The quantitative estimate of drug-likeness (QED) is 0.717. The van der Waals surface area contributed by atoms with Gasteiger partial charge in [-0.05, 0) is 30.1 Å². The summed E-state index contributed by atoms with van der Waals surface area (Å²) in [6.45, 7) is 1.82. The third kappa shape index (κ3) is 2.90. The molecule has 0 spiro atoms. The molecule has 0 aliphatic carbocycles. The van der Waals surface area contributed by atoms with Crippen molar-refractivity contribution < 1.29 is 17.2 Å². The van der Waals surface area contributed by atoms with E-state index in [1.807, 2.05) is 6.92 Å². The second-order valence-corrected chi connectivity index (χ2v) is 6.10. The minimum Gasteiger partial charge on any atom is -0.772 e. The Hall–Kier alpha value is -0.720. The van der Waals surface area contributed by atoms with Crippen LogP contribution in [-0.4, -0.2) is 22.3 Å². The molecule has 1 unspecified atom stereocenters. The number of aryl methyl sites for hydroxylation is 1. The van der Waals surface area contributed by atoms with E-state index in [1.54, 1.807) is 12.1 Å². The molecule has 1 rings (SSSR count). The van der Waals surface area contributed by atoms with Gasteiger partial charge in [0.2, 0.25) is 0 Å². The Bertz CT molecular complexity index is 433. The molecule has 0 fully saturated rings. The van der Waals surface area contributed by atoms with Crippen LogP contribution in [-0.2, 0) is 20.9 Å². The molecule has 1 atom stereocenters. The molecule has 0 amide bonds. The van der Waals surface area contributed by atoms with Crippen LogP contribution in [0.3, 0.4) is 0 Å². The van der Waals surface area contributed by atoms with Gasteiger partial charge < -0.3 is 4.55 Å². The Morgan fingerprint density at radius 3 is 2.21 bits per heavy atom. The fraction of sp³-hybridized carbons (Fsp3) is 0.250. The lowest BCUT2D eigenvalue weighted by atomic mass is 10.2. The van der Waals surface area contributed by atoms with Crippen LogP contribution in [0, 0.1) is 6.92 Å². The van der Waals surface area contributed by atoms with Crippen LogP contribution in [0.5, 0.6) is 0 Å². The van der Waals surface area contributed by atoms with Gasteiger partial charge in [0.1, 0.15) is 5.08 Å². The summed E-state index contributed by atoms with van der Waals surface area (Å²) in [6.07, 6.45) is 0. The Balaban J connectivity index is 3.05. The molecule has 0 aliphatic heterocycles. The summed E-state index contributed by atoms with van der Waals surface area (Å²) in [4.78, 5) is 0.0345. The van der Waals surface area contributed by atoms with E-state index in [-0.39, 0.29) is 4.90 Å². The van der Waals surface area contributed by atoms with Gasteiger partial charge in [-0.15, -0.1) is 0 Å². The first-order valence-corrected chi connectivity index (χ1v) is 6.67. The first-order chi connectivity index (χ1) is 6.42. The molecule has 0 saturated heterocycles. The summed E-state index contributed by atoms with van der Waals surface area (Å²) >= 11 is -2.58. The van der Waals surface area contributed by atoms with E-state index in [4.69, 9.17) is 0 Å². The number of hydrogen-bond donors (Lipinski definition) is 0. The van der Waals surface area contributed by atoms with Crippen molar-refractivity contribution in [2.75, 3.05) is 5.08 Å². The van der Waals surface area contributed by atoms with Crippen molar-refractivity contribution in [3.05, 3.63) is 29.8 Å². The van der Waals surface area contributed by atoms with E-state index in [2.05, 4.69) is 0 Å². The molecular weight excluding hydrogens is 224 g/mol. The largest absolute Gasteiger partial charge is 0.772 e. The van der Waals surface area contributed by atoms with E-state index in [0.717, 1.165) is 5.56 Å². The Labute approximate surface area is 85.2 Å². The van der Waals surface area contributed by atoms with Gasteiger partial charge >= 0.3 is 0 Å². The van der Waals surface area contributed by atoms with Crippen molar-refractivity contribution in [2.24, 2.45) is 0 Å². The molecule has 0 N–H and O–H groups in total. The fourth-order valence-electron chi connectivity index (χ4n) is 0.940. The fourth-order valence-corrected chi connectivity index (χ4v) is 3.05. The Morgan fingerprint density at radius 2 is 1.79 bits per heavy atom. The SMILES string of the molecule is Cc1ccc(S(=O)(=O)CS(=O)[O-])cc1. The molecule has 14 heavy (non-hydrogen) atoms. The number of rotatable bonds is 3. The van der Waals surface area contributed by atoms with Gasteiger partial charge in [-0.25, -0.2) is 8.42 Å². The monoisotopic (exact) mass is 233 g/mol. The van der Waals surface area contributed by atoms with Crippen molar-refractivity contribution in [3.8, 4) is 0 Å². The lowest BCUT2D eigenvalue weighted by Gasteiger charge is -2.06. The van der Waals surface area contributed by atoms with E-state index < -0.39 is 26.0 Å². The Kier molecular flexibility index (Phi) is 3.41. The lowest BCUT2D eigenvalue weighted by Crippen LogP contribution is -2.11. The summed E-state index contributed by atoms with van der Waals surface area (Å²) in [5.74, 6) is 0. The molecule has 1 aromatic carbocycles. The van der Waals surface area contributed by atoms with Crippen LogP contribution in [0.2, 0.25) is 0 Å². The van der Waals surface area contributed by atoms with E-state index >= 15 is 0 Å². The van der Waals surface area contributed by atoms with Crippen molar-refractivity contribution in [1.82, 2.24) is 0 Å². The Morgan fingerprint density at radius 1 is 1.29 bits per heavy atom. The maximum atomic E-state index is 11.4.